The Morgan fingerprint density at radius 2 is 1.94 bits per heavy atom. The molecule has 0 aromatic heterocycles. The molecule has 8 heteroatoms. The van der Waals surface area contributed by atoms with E-state index in [1.54, 1.807) is 12.1 Å². The number of anilines is 1. The lowest BCUT2D eigenvalue weighted by atomic mass is 9.89. The molecular weight excluding hydrogens is 421 g/mol. The van der Waals surface area contributed by atoms with Crippen LogP contribution >= 0.6 is 11.6 Å². The smallest absolute Gasteiger partial charge is 0.255 e. The fraction of sp³-hybridized carbons (Fsp3) is 0.435. The topological polar surface area (TPSA) is 76.8 Å². The van der Waals surface area contributed by atoms with Gasteiger partial charge in [0.25, 0.3) is 5.91 Å². The third-order valence-corrected chi connectivity index (χ3v) is 6.26. The van der Waals surface area contributed by atoms with Crippen LogP contribution in [-0.4, -0.2) is 48.8 Å². The first kappa shape index (κ1) is 21.9. The van der Waals surface area contributed by atoms with Crippen molar-refractivity contribution in [1.29, 1.82) is 0 Å². The Balaban J connectivity index is 1.45. The first-order valence-electron chi connectivity index (χ1n) is 10.5. The number of halogens is 2. The molecule has 0 unspecified atom stereocenters. The van der Waals surface area contributed by atoms with E-state index >= 15 is 0 Å². The number of hydrogen-bond acceptors (Lipinski definition) is 5. The van der Waals surface area contributed by atoms with Crippen LogP contribution in [0, 0.1) is 5.82 Å². The van der Waals surface area contributed by atoms with Crippen LogP contribution in [0.4, 0.5) is 10.1 Å². The van der Waals surface area contributed by atoms with Crippen molar-refractivity contribution in [2.75, 3.05) is 25.6 Å². The van der Waals surface area contributed by atoms with Crippen LogP contribution in [0.25, 0.3) is 0 Å². The second-order valence-corrected chi connectivity index (χ2v) is 8.50. The molecule has 3 N–H and O–H groups in total. The molecule has 2 aliphatic heterocycles. The minimum Gasteiger partial charge on any atom is -0.493 e. The molecule has 0 spiro atoms. The third-order valence-electron chi connectivity index (χ3n) is 5.93. The monoisotopic (exact) mass is 447 g/mol. The van der Waals surface area contributed by atoms with Gasteiger partial charge in [0.05, 0.1) is 36.1 Å². The fourth-order valence-corrected chi connectivity index (χ4v) is 4.61. The van der Waals surface area contributed by atoms with Crippen molar-refractivity contribution in [1.82, 2.24) is 10.2 Å². The van der Waals surface area contributed by atoms with Crippen LogP contribution in [0.1, 0.15) is 35.7 Å². The molecule has 2 aliphatic rings. The summed E-state index contributed by atoms with van der Waals surface area (Å²) in [7, 11) is 0. The molecule has 4 rings (SSSR count). The number of amides is 1. The number of nitrogens with zero attached hydrogens (tertiary/aromatic N) is 1. The highest BCUT2D eigenvalue weighted by molar-refractivity contribution is 6.33. The average Bonchev–Trinajstić information content (AvgIpc) is 2.73. The van der Waals surface area contributed by atoms with E-state index in [0.29, 0.717) is 41.8 Å². The first-order valence-corrected chi connectivity index (χ1v) is 10.9. The Morgan fingerprint density at radius 3 is 2.58 bits per heavy atom. The minimum absolute atomic E-state index is 0.0154. The molecule has 2 aromatic carbocycles. The van der Waals surface area contributed by atoms with Gasteiger partial charge in [-0.15, -0.1) is 0 Å². The zero-order valence-electron chi connectivity index (χ0n) is 17.4. The molecule has 0 aliphatic carbocycles. The summed E-state index contributed by atoms with van der Waals surface area (Å²) in [6, 6.07) is 10.2. The van der Waals surface area contributed by atoms with E-state index in [9.17, 15) is 9.18 Å². The van der Waals surface area contributed by atoms with Crippen molar-refractivity contribution in [2.24, 2.45) is 0 Å². The van der Waals surface area contributed by atoms with E-state index in [4.69, 9.17) is 26.8 Å². The molecule has 2 saturated heterocycles. The van der Waals surface area contributed by atoms with Gasteiger partial charge in [0, 0.05) is 30.7 Å². The summed E-state index contributed by atoms with van der Waals surface area (Å²) < 4.78 is 24.6. The Bertz CT molecular complexity index is 926. The number of benzene rings is 2. The number of morpholine rings is 1. The van der Waals surface area contributed by atoms with Gasteiger partial charge in [-0.2, -0.15) is 0 Å². The molecule has 31 heavy (non-hydrogen) atoms. The van der Waals surface area contributed by atoms with Crippen LogP contribution in [0.5, 0.6) is 5.75 Å². The predicted molar refractivity (Wildman–Crippen MR) is 118 cm³/mol. The molecular formula is C23H27ClFN3O3. The molecule has 0 saturated carbocycles. The second-order valence-electron chi connectivity index (χ2n) is 8.09. The number of nitrogens with one attached hydrogen (secondary N) is 1. The van der Waals surface area contributed by atoms with Crippen molar-refractivity contribution in [3.63, 3.8) is 0 Å². The van der Waals surface area contributed by atoms with Crippen LogP contribution in [-0.2, 0) is 11.3 Å². The number of fused-ring (bicyclic) bond motifs is 2. The number of ether oxygens (including phenoxy) is 2. The molecule has 2 bridgehead atoms. The van der Waals surface area contributed by atoms with Gasteiger partial charge in [0.2, 0.25) is 0 Å². The van der Waals surface area contributed by atoms with Crippen molar-refractivity contribution in [3.8, 4) is 5.75 Å². The highest BCUT2D eigenvalue weighted by Gasteiger charge is 2.39. The van der Waals surface area contributed by atoms with Crippen molar-refractivity contribution in [2.45, 2.75) is 44.4 Å². The number of carbonyl (C=O) groups excluding carboxylic acids is 1. The van der Waals surface area contributed by atoms with Gasteiger partial charge in [-0.25, -0.2) is 4.39 Å². The van der Waals surface area contributed by atoms with Crippen molar-refractivity contribution in [3.05, 3.63) is 58.4 Å². The highest BCUT2D eigenvalue weighted by Crippen LogP contribution is 2.32. The van der Waals surface area contributed by atoms with Crippen LogP contribution in [0.3, 0.4) is 0 Å². The zero-order chi connectivity index (χ0) is 22.0. The quantitative estimate of drug-likeness (QED) is 0.661. The molecule has 1 amide bonds. The fourth-order valence-electron chi connectivity index (χ4n) is 4.45. The second kappa shape index (κ2) is 9.42. The summed E-state index contributed by atoms with van der Waals surface area (Å²) in [5.41, 5.74) is 7.70. The molecule has 2 aromatic rings. The number of nitrogen functional groups attached to an aromatic ring is 1. The van der Waals surface area contributed by atoms with Crippen molar-refractivity contribution >= 4 is 23.2 Å². The maximum Gasteiger partial charge on any atom is 0.255 e. The lowest BCUT2D eigenvalue weighted by molar-refractivity contribution is -0.0843. The summed E-state index contributed by atoms with van der Waals surface area (Å²) in [6.45, 7) is 4.24. The first-order chi connectivity index (χ1) is 14.9. The Hall–Kier alpha value is -2.35. The summed E-state index contributed by atoms with van der Waals surface area (Å²) in [4.78, 5) is 15.4. The predicted octanol–water partition coefficient (Wildman–Crippen LogP) is 3.62. The molecule has 0 radical (unpaired) electrons. The van der Waals surface area contributed by atoms with Crippen molar-refractivity contribution < 1.29 is 18.7 Å². The molecule has 6 nitrogen and oxygen atoms in total. The van der Waals surface area contributed by atoms with Crippen LogP contribution in [0.15, 0.2) is 36.4 Å². The van der Waals surface area contributed by atoms with E-state index in [1.165, 1.54) is 12.1 Å². The van der Waals surface area contributed by atoms with Gasteiger partial charge in [-0.1, -0.05) is 23.7 Å². The molecule has 2 fully saturated rings. The van der Waals surface area contributed by atoms with E-state index < -0.39 is 0 Å². The largest absolute Gasteiger partial charge is 0.493 e. The van der Waals surface area contributed by atoms with Gasteiger partial charge >= 0.3 is 0 Å². The lowest BCUT2D eigenvalue weighted by Crippen LogP contribution is -2.60. The van der Waals surface area contributed by atoms with Gasteiger partial charge in [-0.3, -0.25) is 9.69 Å². The normalized spacial score (nSPS) is 23.4. The van der Waals surface area contributed by atoms with Gasteiger partial charge in [0.15, 0.2) is 0 Å². The average molecular weight is 448 g/mol. The molecule has 166 valence electrons. The van der Waals surface area contributed by atoms with E-state index in [1.807, 2.05) is 19.1 Å². The molecule has 3 atom stereocenters. The van der Waals surface area contributed by atoms with E-state index in [2.05, 4.69) is 10.2 Å². The third kappa shape index (κ3) is 4.95. The Kier molecular flexibility index (Phi) is 6.65. The van der Waals surface area contributed by atoms with Crippen LogP contribution < -0.4 is 15.8 Å². The van der Waals surface area contributed by atoms with Gasteiger partial charge in [-0.05, 0) is 43.5 Å². The summed E-state index contributed by atoms with van der Waals surface area (Å²) in [5.74, 6) is -0.0246. The summed E-state index contributed by atoms with van der Waals surface area (Å²) >= 11 is 6.15. The maximum absolute atomic E-state index is 13.2. The number of piperidine rings is 1. The number of hydrogen-bond donors (Lipinski definition) is 2. The SMILES string of the molecule is CCOc1cc(N)c(Cl)cc1C(=O)N[C@H]1C[C@H]2COC[C@@H](C1)N2Cc1ccc(F)cc1. The van der Waals surface area contributed by atoms with E-state index in [-0.39, 0.29) is 29.8 Å². The maximum atomic E-state index is 13.2. The zero-order valence-corrected chi connectivity index (χ0v) is 18.2. The minimum atomic E-state index is -0.233. The number of nitrogens with two attached hydrogens (primary N) is 1. The Labute approximate surface area is 186 Å². The number of carbonyl (C=O) groups is 1. The van der Waals surface area contributed by atoms with Gasteiger partial charge < -0.3 is 20.5 Å². The molecule has 2 heterocycles. The standard InChI is InChI=1S/C23H27ClFN3O3/c1-2-31-22-10-21(26)20(24)9-19(22)23(29)27-16-7-17-12-30-13-18(8-16)28(17)11-14-3-5-15(25)6-4-14/h3-6,9-10,16-18H,2,7-8,11-13,26H2,1H3,(H,27,29)/t16-,17-,18+. The highest BCUT2D eigenvalue weighted by atomic mass is 35.5. The Morgan fingerprint density at radius 1 is 1.26 bits per heavy atom. The lowest BCUT2D eigenvalue weighted by Gasteiger charge is -2.48. The summed E-state index contributed by atoms with van der Waals surface area (Å²) in [6.07, 6.45) is 1.55. The van der Waals surface area contributed by atoms with Crippen LogP contribution in [0.2, 0.25) is 5.02 Å². The summed E-state index contributed by atoms with van der Waals surface area (Å²) in [5, 5.41) is 3.48. The van der Waals surface area contributed by atoms with E-state index in [0.717, 1.165) is 24.9 Å². The van der Waals surface area contributed by atoms with Gasteiger partial charge in [0.1, 0.15) is 11.6 Å². The number of rotatable bonds is 6.